The predicted octanol–water partition coefficient (Wildman–Crippen LogP) is 11.8. The van der Waals surface area contributed by atoms with Crippen LogP contribution in [0.4, 0.5) is 0 Å². The number of nitrogens with zero attached hydrogens (tertiary/aromatic N) is 4. The quantitative estimate of drug-likeness (QED) is 0.192. The molecule has 0 radical (unpaired) electrons. The van der Waals surface area contributed by atoms with E-state index in [1.807, 2.05) is 23.6 Å². The van der Waals surface area contributed by atoms with Gasteiger partial charge in [-0.25, -0.2) is 15.0 Å². The molecule has 7 aromatic carbocycles. The van der Waals surface area contributed by atoms with Gasteiger partial charge in [-0.2, -0.15) is 0 Å². The van der Waals surface area contributed by atoms with E-state index in [9.17, 15) is 0 Å². The van der Waals surface area contributed by atoms with E-state index in [-0.39, 0.29) is 0 Å². The van der Waals surface area contributed by atoms with Crippen LogP contribution < -0.4 is 0 Å². The molecule has 0 saturated carbocycles. The predicted molar refractivity (Wildman–Crippen MR) is 205 cm³/mol. The summed E-state index contributed by atoms with van der Waals surface area (Å²) in [5.41, 5.74) is 4.87. The van der Waals surface area contributed by atoms with Gasteiger partial charge in [0.1, 0.15) is 0 Å². The van der Waals surface area contributed by atoms with Gasteiger partial charge in [0.25, 0.3) is 0 Å². The van der Waals surface area contributed by atoms with E-state index < -0.39 is 0 Å². The maximum Gasteiger partial charge on any atom is 0.164 e. The zero-order valence-corrected chi connectivity index (χ0v) is 27.0. The SMILES string of the molecule is c1ccc2cc(-c3nc(-c4ccc5ccc(-c6cc7ccccc7cn6)cc5c4)nc(-c4ccc5sc6ccccc6c5c4)n3)ccc2c1. The molecule has 49 heavy (non-hydrogen) atoms. The van der Waals surface area contributed by atoms with Gasteiger partial charge in [-0.05, 0) is 75.5 Å². The summed E-state index contributed by atoms with van der Waals surface area (Å²) in [7, 11) is 0. The molecule has 4 nitrogen and oxygen atoms in total. The second kappa shape index (κ2) is 11.2. The smallest absolute Gasteiger partial charge is 0.164 e. The first-order chi connectivity index (χ1) is 24.2. The first-order valence-electron chi connectivity index (χ1n) is 16.3. The van der Waals surface area contributed by atoms with Crippen LogP contribution in [0.5, 0.6) is 0 Å². The van der Waals surface area contributed by atoms with E-state index in [1.54, 1.807) is 0 Å². The monoisotopic (exact) mass is 642 g/mol. The maximum absolute atomic E-state index is 5.12. The topological polar surface area (TPSA) is 51.6 Å². The Morgan fingerprint density at radius 2 is 0.857 bits per heavy atom. The van der Waals surface area contributed by atoms with Crippen LogP contribution in [0.15, 0.2) is 158 Å². The summed E-state index contributed by atoms with van der Waals surface area (Å²) in [6, 6.07) is 53.3. The molecule has 0 aliphatic heterocycles. The normalized spacial score (nSPS) is 11.7. The van der Waals surface area contributed by atoms with Gasteiger partial charge in [-0.15, -0.1) is 11.3 Å². The molecule has 0 atom stereocenters. The largest absolute Gasteiger partial charge is 0.256 e. The molecule has 228 valence electrons. The fourth-order valence-electron chi connectivity index (χ4n) is 6.74. The molecule has 3 aromatic heterocycles. The Morgan fingerprint density at radius 1 is 0.347 bits per heavy atom. The van der Waals surface area contributed by atoms with E-state index in [1.165, 1.54) is 30.9 Å². The van der Waals surface area contributed by atoms with E-state index >= 15 is 0 Å². The highest BCUT2D eigenvalue weighted by atomic mass is 32.1. The van der Waals surface area contributed by atoms with Crippen LogP contribution in [0.25, 0.3) is 97.9 Å². The van der Waals surface area contributed by atoms with Crippen molar-refractivity contribution >= 4 is 63.8 Å². The fraction of sp³-hybridized carbons (Fsp3) is 0. The molecule has 0 spiro atoms. The molecule has 0 bridgehead atoms. The van der Waals surface area contributed by atoms with Crippen LogP contribution in [0.3, 0.4) is 0 Å². The lowest BCUT2D eigenvalue weighted by molar-refractivity contribution is 1.08. The van der Waals surface area contributed by atoms with Gasteiger partial charge in [-0.3, -0.25) is 4.98 Å². The van der Waals surface area contributed by atoms with Gasteiger partial charge in [0.15, 0.2) is 17.5 Å². The van der Waals surface area contributed by atoms with E-state index in [4.69, 9.17) is 19.9 Å². The van der Waals surface area contributed by atoms with Crippen LogP contribution >= 0.6 is 11.3 Å². The second-order valence-corrected chi connectivity index (χ2v) is 13.5. The van der Waals surface area contributed by atoms with Crippen LogP contribution in [0.1, 0.15) is 0 Å². The maximum atomic E-state index is 5.12. The summed E-state index contributed by atoms with van der Waals surface area (Å²) >= 11 is 1.81. The van der Waals surface area contributed by atoms with Gasteiger partial charge in [-0.1, -0.05) is 103 Å². The molecular formula is C44H26N4S. The number of hydrogen-bond acceptors (Lipinski definition) is 5. The molecule has 0 saturated heterocycles. The minimum Gasteiger partial charge on any atom is -0.256 e. The van der Waals surface area contributed by atoms with Gasteiger partial charge in [0.05, 0.1) is 5.69 Å². The number of fused-ring (bicyclic) bond motifs is 6. The van der Waals surface area contributed by atoms with Gasteiger partial charge in [0.2, 0.25) is 0 Å². The molecule has 0 fully saturated rings. The van der Waals surface area contributed by atoms with Gasteiger partial charge < -0.3 is 0 Å². The average Bonchev–Trinajstić information content (AvgIpc) is 3.55. The third-order valence-corrected chi connectivity index (χ3v) is 10.5. The molecule has 10 rings (SSSR count). The number of aromatic nitrogens is 4. The van der Waals surface area contributed by atoms with Crippen LogP contribution in [-0.4, -0.2) is 19.9 Å². The lowest BCUT2D eigenvalue weighted by atomic mass is 10.0. The molecule has 0 aliphatic rings. The standard InChI is InChI=1S/C44H26N4S/c1-2-8-29-21-32(17-14-27(29)7-1)42-46-43(48-44(47-42)34-19-20-41-38(24-34)37-11-5-6-12-40(37)49-41)33-18-15-28-13-16-31(22-36(28)23-33)39-25-30-9-3-4-10-35(30)26-45-39/h1-26H. The number of pyridine rings is 1. The molecule has 3 heterocycles. The van der Waals surface area contributed by atoms with Crippen molar-refractivity contribution in [3.05, 3.63) is 158 Å². The van der Waals surface area contributed by atoms with Crippen molar-refractivity contribution in [3.8, 4) is 45.4 Å². The Kier molecular flexibility index (Phi) is 6.32. The second-order valence-electron chi connectivity index (χ2n) is 12.4. The van der Waals surface area contributed by atoms with Crippen molar-refractivity contribution in [1.82, 2.24) is 19.9 Å². The van der Waals surface area contributed by atoms with Gasteiger partial charge in [0, 0.05) is 54.0 Å². The van der Waals surface area contributed by atoms with Gasteiger partial charge >= 0.3 is 0 Å². The van der Waals surface area contributed by atoms with Crippen LogP contribution in [-0.2, 0) is 0 Å². The lowest BCUT2D eigenvalue weighted by Crippen LogP contribution is -2.00. The highest BCUT2D eigenvalue weighted by molar-refractivity contribution is 7.25. The fourth-order valence-corrected chi connectivity index (χ4v) is 7.83. The van der Waals surface area contributed by atoms with Crippen molar-refractivity contribution in [3.63, 3.8) is 0 Å². The number of thiophene rings is 1. The van der Waals surface area contributed by atoms with Crippen LogP contribution in [0.2, 0.25) is 0 Å². The van der Waals surface area contributed by atoms with E-state index in [0.29, 0.717) is 17.5 Å². The molecule has 0 aliphatic carbocycles. The van der Waals surface area contributed by atoms with Crippen molar-refractivity contribution in [1.29, 1.82) is 0 Å². The third kappa shape index (κ3) is 4.91. The molecule has 5 heteroatoms. The third-order valence-electron chi connectivity index (χ3n) is 9.30. The summed E-state index contributed by atoms with van der Waals surface area (Å²) in [6.07, 6.45) is 1.95. The summed E-state index contributed by atoms with van der Waals surface area (Å²) in [4.78, 5) is 20.1. The zero-order valence-electron chi connectivity index (χ0n) is 26.2. The summed E-state index contributed by atoms with van der Waals surface area (Å²) in [5.74, 6) is 1.94. The molecule has 0 unspecified atom stereocenters. The lowest BCUT2D eigenvalue weighted by Gasteiger charge is -2.10. The Morgan fingerprint density at radius 3 is 1.61 bits per heavy atom. The highest BCUT2D eigenvalue weighted by Gasteiger charge is 2.15. The summed E-state index contributed by atoms with van der Waals surface area (Å²) in [5, 5.41) is 9.35. The number of hydrogen-bond donors (Lipinski definition) is 0. The minimum absolute atomic E-state index is 0.638. The van der Waals surface area contributed by atoms with Crippen molar-refractivity contribution < 1.29 is 0 Å². The summed E-state index contributed by atoms with van der Waals surface area (Å²) < 4.78 is 2.53. The van der Waals surface area contributed by atoms with Crippen molar-refractivity contribution in [2.75, 3.05) is 0 Å². The first kappa shape index (κ1) is 27.8. The van der Waals surface area contributed by atoms with E-state index in [0.717, 1.165) is 49.5 Å². The minimum atomic E-state index is 0.638. The Labute approximate surface area is 286 Å². The average molecular weight is 643 g/mol. The Balaban J connectivity index is 1.14. The van der Waals surface area contributed by atoms with E-state index in [2.05, 4.69) is 146 Å². The first-order valence-corrected chi connectivity index (χ1v) is 17.1. The molecular weight excluding hydrogens is 617 g/mol. The molecule has 10 aromatic rings. The van der Waals surface area contributed by atoms with Crippen molar-refractivity contribution in [2.45, 2.75) is 0 Å². The number of benzene rings is 7. The summed E-state index contributed by atoms with van der Waals surface area (Å²) in [6.45, 7) is 0. The van der Waals surface area contributed by atoms with Crippen LogP contribution in [0, 0.1) is 0 Å². The highest BCUT2D eigenvalue weighted by Crippen LogP contribution is 2.37. The molecule has 0 amide bonds. The van der Waals surface area contributed by atoms with Crippen molar-refractivity contribution in [2.24, 2.45) is 0 Å². The Hall–Kier alpha value is -6.30. The zero-order chi connectivity index (χ0) is 32.3. The Bertz CT molecular complexity index is 2910. The number of rotatable bonds is 4. The molecule has 0 N–H and O–H groups in total.